The Morgan fingerprint density at radius 1 is 1.53 bits per heavy atom. The second kappa shape index (κ2) is 5.21. The summed E-state index contributed by atoms with van der Waals surface area (Å²) in [5, 5.41) is 3.37. The van der Waals surface area contributed by atoms with Crippen LogP contribution in [0, 0.1) is 0 Å². The van der Waals surface area contributed by atoms with Crippen LogP contribution in [0.3, 0.4) is 0 Å². The number of ether oxygens (including phenoxy) is 1. The molecule has 0 saturated carbocycles. The van der Waals surface area contributed by atoms with Crippen LogP contribution in [0.15, 0.2) is 18.2 Å². The van der Waals surface area contributed by atoms with Crippen LogP contribution < -0.4 is 15.0 Å². The maximum Gasteiger partial charge on any atom is 0.228 e. The number of rotatable bonds is 3. The quantitative estimate of drug-likeness (QED) is 0.900. The Hall–Kier alpha value is -1.55. The molecule has 2 aliphatic heterocycles. The Kier molecular flexibility index (Phi) is 3.42. The van der Waals surface area contributed by atoms with E-state index in [1.165, 1.54) is 12.0 Å². The first-order chi connectivity index (χ1) is 9.24. The van der Waals surface area contributed by atoms with Crippen LogP contribution in [0.5, 0.6) is 5.75 Å². The molecule has 1 fully saturated rings. The smallest absolute Gasteiger partial charge is 0.228 e. The minimum absolute atomic E-state index is 0.179. The van der Waals surface area contributed by atoms with Gasteiger partial charge in [-0.1, -0.05) is 0 Å². The average Bonchev–Trinajstić information content (AvgIpc) is 3.07. The maximum absolute atomic E-state index is 12.3. The number of fused-ring (bicyclic) bond motifs is 1. The molecule has 0 bridgehead atoms. The topological polar surface area (TPSA) is 41.6 Å². The van der Waals surface area contributed by atoms with E-state index in [-0.39, 0.29) is 5.91 Å². The Labute approximate surface area is 113 Å². The van der Waals surface area contributed by atoms with Gasteiger partial charge in [0.05, 0.1) is 6.61 Å². The highest BCUT2D eigenvalue weighted by Gasteiger charge is 2.21. The molecule has 1 saturated heterocycles. The van der Waals surface area contributed by atoms with Gasteiger partial charge in [0.25, 0.3) is 0 Å². The zero-order valence-corrected chi connectivity index (χ0v) is 11.3. The third kappa shape index (κ3) is 2.59. The van der Waals surface area contributed by atoms with Crippen LogP contribution in [0.2, 0.25) is 0 Å². The molecule has 1 atom stereocenters. The van der Waals surface area contributed by atoms with Crippen molar-refractivity contribution in [1.82, 2.24) is 5.32 Å². The lowest BCUT2D eigenvalue weighted by Gasteiger charge is -2.20. The molecule has 1 N–H and O–H groups in total. The molecule has 19 heavy (non-hydrogen) atoms. The number of carbonyl (C=O) groups excluding carboxylic acids is 1. The Morgan fingerprint density at radius 2 is 2.42 bits per heavy atom. The summed E-state index contributed by atoms with van der Waals surface area (Å²) >= 11 is 0. The van der Waals surface area contributed by atoms with Crippen LogP contribution in [-0.4, -0.2) is 32.1 Å². The van der Waals surface area contributed by atoms with Crippen LogP contribution in [0.4, 0.5) is 5.69 Å². The average molecular weight is 260 g/mol. The van der Waals surface area contributed by atoms with Gasteiger partial charge in [-0.2, -0.15) is 0 Å². The van der Waals surface area contributed by atoms with Crippen molar-refractivity contribution in [1.29, 1.82) is 0 Å². The molecule has 0 radical (unpaired) electrons. The molecule has 1 unspecified atom stereocenters. The van der Waals surface area contributed by atoms with E-state index >= 15 is 0 Å². The second-order valence-corrected chi connectivity index (χ2v) is 5.34. The van der Waals surface area contributed by atoms with E-state index < -0.39 is 0 Å². The number of hydrogen-bond acceptors (Lipinski definition) is 3. The first-order valence-electron chi connectivity index (χ1n) is 7.00. The molecule has 2 heterocycles. The van der Waals surface area contributed by atoms with Gasteiger partial charge in [0.15, 0.2) is 0 Å². The number of nitrogens with one attached hydrogen (secondary N) is 1. The normalized spacial score (nSPS) is 21.0. The predicted molar refractivity (Wildman–Crippen MR) is 74.7 cm³/mol. The summed E-state index contributed by atoms with van der Waals surface area (Å²) in [5.41, 5.74) is 2.17. The van der Waals surface area contributed by atoms with Crippen molar-refractivity contribution in [3.63, 3.8) is 0 Å². The van der Waals surface area contributed by atoms with E-state index in [0.717, 1.165) is 37.4 Å². The molecule has 0 spiro atoms. The van der Waals surface area contributed by atoms with Crippen molar-refractivity contribution in [2.75, 3.05) is 25.1 Å². The number of benzene rings is 1. The van der Waals surface area contributed by atoms with E-state index in [1.807, 2.05) is 19.2 Å². The first-order valence-corrected chi connectivity index (χ1v) is 7.00. The van der Waals surface area contributed by atoms with E-state index in [0.29, 0.717) is 12.5 Å². The Bertz CT molecular complexity index is 481. The summed E-state index contributed by atoms with van der Waals surface area (Å²) < 4.78 is 5.49. The maximum atomic E-state index is 12.3. The standard InChI is InChI=1S/C15H20N2O2/c1-17(15(18)10-12-3-2-7-16-12)13-4-5-14-11(9-13)6-8-19-14/h4-5,9,12,16H,2-3,6-8,10H2,1H3. The van der Waals surface area contributed by atoms with Gasteiger partial charge in [0, 0.05) is 31.6 Å². The van der Waals surface area contributed by atoms with E-state index in [1.54, 1.807) is 4.90 Å². The van der Waals surface area contributed by atoms with E-state index in [4.69, 9.17) is 4.74 Å². The van der Waals surface area contributed by atoms with Gasteiger partial charge in [-0.25, -0.2) is 0 Å². The fourth-order valence-corrected chi connectivity index (χ4v) is 2.80. The van der Waals surface area contributed by atoms with Crippen molar-refractivity contribution in [3.8, 4) is 5.75 Å². The number of amides is 1. The summed E-state index contributed by atoms with van der Waals surface area (Å²) in [7, 11) is 1.86. The lowest BCUT2D eigenvalue weighted by Crippen LogP contribution is -2.33. The monoisotopic (exact) mass is 260 g/mol. The molecule has 1 aromatic carbocycles. The lowest BCUT2D eigenvalue weighted by molar-refractivity contribution is -0.118. The van der Waals surface area contributed by atoms with Crippen molar-refractivity contribution in [3.05, 3.63) is 23.8 Å². The zero-order valence-electron chi connectivity index (χ0n) is 11.3. The van der Waals surface area contributed by atoms with Gasteiger partial charge in [-0.3, -0.25) is 4.79 Å². The van der Waals surface area contributed by atoms with Crippen molar-refractivity contribution >= 4 is 11.6 Å². The molecule has 1 amide bonds. The predicted octanol–water partition coefficient (Wildman–Crippen LogP) is 1.73. The number of nitrogens with zero attached hydrogens (tertiary/aromatic N) is 1. The Morgan fingerprint density at radius 3 is 3.21 bits per heavy atom. The highest BCUT2D eigenvalue weighted by Crippen LogP contribution is 2.29. The molecule has 3 rings (SSSR count). The minimum Gasteiger partial charge on any atom is -0.493 e. The molecule has 0 aliphatic carbocycles. The molecule has 102 valence electrons. The molecule has 4 heteroatoms. The van der Waals surface area contributed by atoms with Crippen LogP contribution in [0.25, 0.3) is 0 Å². The van der Waals surface area contributed by atoms with E-state index in [2.05, 4.69) is 11.4 Å². The molecular formula is C15H20N2O2. The van der Waals surface area contributed by atoms with Gasteiger partial charge < -0.3 is 15.0 Å². The highest BCUT2D eigenvalue weighted by molar-refractivity contribution is 5.93. The number of anilines is 1. The third-order valence-corrected chi connectivity index (χ3v) is 4.02. The zero-order chi connectivity index (χ0) is 13.2. The lowest BCUT2D eigenvalue weighted by atomic mass is 10.1. The Balaban J connectivity index is 1.68. The summed E-state index contributed by atoms with van der Waals surface area (Å²) in [4.78, 5) is 14.0. The number of carbonyl (C=O) groups is 1. The minimum atomic E-state index is 0.179. The van der Waals surface area contributed by atoms with Gasteiger partial charge in [-0.15, -0.1) is 0 Å². The second-order valence-electron chi connectivity index (χ2n) is 5.34. The first kappa shape index (κ1) is 12.5. The molecule has 4 nitrogen and oxygen atoms in total. The van der Waals surface area contributed by atoms with Crippen molar-refractivity contribution < 1.29 is 9.53 Å². The summed E-state index contributed by atoms with van der Waals surface area (Å²) in [5.74, 6) is 1.14. The van der Waals surface area contributed by atoms with Crippen molar-refractivity contribution in [2.24, 2.45) is 0 Å². The van der Waals surface area contributed by atoms with Gasteiger partial charge in [0.1, 0.15) is 5.75 Å². The third-order valence-electron chi connectivity index (χ3n) is 4.02. The summed E-state index contributed by atoms with van der Waals surface area (Å²) in [6, 6.07) is 6.36. The van der Waals surface area contributed by atoms with Crippen LogP contribution in [0.1, 0.15) is 24.8 Å². The van der Waals surface area contributed by atoms with Crippen LogP contribution >= 0.6 is 0 Å². The van der Waals surface area contributed by atoms with E-state index in [9.17, 15) is 4.79 Å². The fourth-order valence-electron chi connectivity index (χ4n) is 2.80. The molecule has 2 aliphatic rings. The largest absolute Gasteiger partial charge is 0.493 e. The molecule has 0 aromatic heterocycles. The molecular weight excluding hydrogens is 240 g/mol. The van der Waals surface area contributed by atoms with Crippen LogP contribution in [-0.2, 0) is 11.2 Å². The number of hydrogen-bond donors (Lipinski definition) is 1. The SMILES string of the molecule is CN(C(=O)CC1CCCN1)c1ccc2c(c1)CCO2. The fraction of sp³-hybridized carbons (Fsp3) is 0.533. The summed E-state index contributed by atoms with van der Waals surface area (Å²) in [6.07, 6.45) is 3.81. The highest BCUT2D eigenvalue weighted by atomic mass is 16.5. The van der Waals surface area contributed by atoms with Gasteiger partial charge >= 0.3 is 0 Å². The summed E-state index contributed by atoms with van der Waals surface area (Å²) in [6.45, 7) is 1.79. The van der Waals surface area contributed by atoms with Gasteiger partial charge in [0.2, 0.25) is 5.91 Å². The van der Waals surface area contributed by atoms with Crippen molar-refractivity contribution in [2.45, 2.75) is 31.7 Å². The molecule has 1 aromatic rings. The van der Waals surface area contributed by atoms with Gasteiger partial charge in [-0.05, 0) is 43.1 Å².